The number of hydrogen-bond acceptors (Lipinski definition) is 3. The summed E-state index contributed by atoms with van der Waals surface area (Å²) in [6, 6.07) is 0.369. The SMILES string of the molecule is O=C(NC1CCCC1)C1CCc2c(C(=O)N3CCCC3)ncn2C1. The Morgan fingerprint density at radius 1 is 1.08 bits per heavy atom. The molecule has 0 bridgehead atoms. The van der Waals surface area contributed by atoms with E-state index in [1.807, 2.05) is 9.47 Å². The fourth-order valence-electron chi connectivity index (χ4n) is 4.32. The van der Waals surface area contributed by atoms with Gasteiger partial charge in [0.2, 0.25) is 5.91 Å². The molecule has 2 aliphatic heterocycles. The number of fused-ring (bicyclic) bond motifs is 1. The van der Waals surface area contributed by atoms with Crippen LogP contribution < -0.4 is 5.32 Å². The first-order valence-electron chi connectivity index (χ1n) is 9.36. The van der Waals surface area contributed by atoms with E-state index in [0.717, 1.165) is 57.3 Å². The number of amides is 2. The van der Waals surface area contributed by atoms with Crippen LogP contribution in [0.25, 0.3) is 0 Å². The summed E-state index contributed by atoms with van der Waals surface area (Å²) in [7, 11) is 0. The van der Waals surface area contributed by atoms with Crippen LogP contribution in [0.3, 0.4) is 0 Å². The second-order valence-electron chi connectivity index (χ2n) is 7.42. The molecule has 0 aromatic carbocycles. The summed E-state index contributed by atoms with van der Waals surface area (Å²) >= 11 is 0. The van der Waals surface area contributed by atoms with E-state index < -0.39 is 0 Å². The normalized spacial score (nSPS) is 24.2. The standard InChI is InChI=1S/C18H26N4O2/c23-17(20-14-5-1-2-6-14)13-7-8-15-16(19-12-22(15)11-13)18(24)21-9-3-4-10-21/h12-14H,1-11H2,(H,20,23). The lowest BCUT2D eigenvalue weighted by molar-refractivity contribution is -0.126. The van der Waals surface area contributed by atoms with Gasteiger partial charge in [-0.05, 0) is 38.5 Å². The fraction of sp³-hybridized carbons (Fsp3) is 0.722. The van der Waals surface area contributed by atoms with Crippen LogP contribution in [0.1, 0.15) is 61.1 Å². The van der Waals surface area contributed by atoms with E-state index in [2.05, 4.69) is 10.3 Å². The molecule has 2 amide bonds. The second kappa shape index (κ2) is 6.57. The summed E-state index contributed by atoms with van der Waals surface area (Å²) in [6.45, 7) is 2.34. The van der Waals surface area contributed by atoms with Crippen molar-refractivity contribution >= 4 is 11.8 Å². The summed E-state index contributed by atoms with van der Waals surface area (Å²) in [4.78, 5) is 31.4. The van der Waals surface area contributed by atoms with Crippen LogP contribution in [0.4, 0.5) is 0 Å². The predicted molar refractivity (Wildman–Crippen MR) is 89.6 cm³/mol. The molecule has 130 valence electrons. The lowest BCUT2D eigenvalue weighted by Crippen LogP contribution is -2.40. The number of imidazole rings is 1. The maximum absolute atomic E-state index is 12.6. The molecule has 0 spiro atoms. The number of nitrogens with one attached hydrogen (secondary N) is 1. The Bertz CT molecular complexity index is 627. The van der Waals surface area contributed by atoms with Crippen molar-refractivity contribution in [3.63, 3.8) is 0 Å². The van der Waals surface area contributed by atoms with Crippen molar-refractivity contribution in [1.82, 2.24) is 19.8 Å². The van der Waals surface area contributed by atoms with Crippen molar-refractivity contribution in [2.45, 2.75) is 64.0 Å². The average Bonchev–Trinajstić information content (AvgIpc) is 3.34. The van der Waals surface area contributed by atoms with Crippen LogP contribution >= 0.6 is 0 Å². The molecule has 6 heteroatoms. The van der Waals surface area contributed by atoms with Crippen molar-refractivity contribution in [1.29, 1.82) is 0 Å². The molecule has 4 rings (SSSR count). The molecule has 0 radical (unpaired) electrons. The van der Waals surface area contributed by atoms with Crippen LogP contribution in [0.5, 0.6) is 0 Å². The van der Waals surface area contributed by atoms with Gasteiger partial charge in [0.15, 0.2) is 0 Å². The van der Waals surface area contributed by atoms with Gasteiger partial charge in [0.05, 0.1) is 17.9 Å². The number of nitrogens with zero attached hydrogens (tertiary/aromatic N) is 3. The zero-order chi connectivity index (χ0) is 16.5. The molecule has 3 aliphatic rings. The van der Waals surface area contributed by atoms with E-state index in [1.165, 1.54) is 12.8 Å². The van der Waals surface area contributed by atoms with E-state index >= 15 is 0 Å². The number of hydrogen-bond donors (Lipinski definition) is 1. The third-order valence-electron chi connectivity index (χ3n) is 5.76. The smallest absolute Gasteiger partial charge is 0.274 e. The highest BCUT2D eigenvalue weighted by atomic mass is 16.2. The monoisotopic (exact) mass is 330 g/mol. The van der Waals surface area contributed by atoms with E-state index in [-0.39, 0.29) is 17.7 Å². The lowest BCUT2D eigenvalue weighted by atomic mass is 9.95. The van der Waals surface area contributed by atoms with E-state index in [9.17, 15) is 9.59 Å². The van der Waals surface area contributed by atoms with E-state index in [1.54, 1.807) is 6.33 Å². The number of rotatable bonds is 3. The topological polar surface area (TPSA) is 67.2 Å². The molecule has 1 aromatic rings. The molecule has 6 nitrogen and oxygen atoms in total. The minimum absolute atomic E-state index is 0.00189. The molecule has 1 aromatic heterocycles. The first kappa shape index (κ1) is 15.7. The van der Waals surface area contributed by atoms with Gasteiger partial charge in [-0.3, -0.25) is 9.59 Å². The molecule has 24 heavy (non-hydrogen) atoms. The van der Waals surface area contributed by atoms with Gasteiger partial charge in [0, 0.05) is 25.7 Å². The average molecular weight is 330 g/mol. The van der Waals surface area contributed by atoms with Crippen LogP contribution in [-0.4, -0.2) is 45.4 Å². The lowest BCUT2D eigenvalue weighted by Gasteiger charge is -2.25. The molecule has 1 atom stereocenters. The van der Waals surface area contributed by atoms with E-state index in [4.69, 9.17) is 0 Å². The van der Waals surface area contributed by atoms with Crippen molar-refractivity contribution in [2.75, 3.05) is 13.1 Å². The van der Waals surface area contributed by atoms with Gasteiger partial charge in [0.1, 0.15) is 5.69 Å². The fourth-order valence-corrected chi connectivity index (χ4v) is 4.32. The highest BCUT2D eigenvalue weighted by molar-refractivity contribution is 5.93. The summed E-state index contributed by atoms with van der Waals surface area (Å²) < 4.78 is 2.02. The predicted octanol–water partition coefficient (Wildman–Crippen LogP) is 1.74. The molecule has 2 fully saturated rings. The minimum Gasteiger partial charge on any atom is -0.353 e. The maximum atomic E-state index is 12.6. The number of carbonyl (C=O) groups excluding carboxylic acids is 2. The largest absolute Gasteiger partial charge is 0.353 e. The van der Waals surface area contributed by atoms with Gasteiger partial charge < -0.3 is 14.8 Å². The van der Waals surface area contributed by atoms with Crippen molar-refractivity contribution in [3.8, 4) is 0 Å². The van der Waals surface area contributed by atoms with Gasteiger partial charge >= 0.3 is 0 Å². The van der Waals surface area contributed by atoms with Gasteiger partial charge in [-0.1, -0.05) is 12.8 Å². The molecule has 1 saturated carbocycles. The van der Waals surface area contributed by atoms with Gasteiger partial charge in [-0.25, -0.2) is 4.98 Å². The Morgan fingerprint density at radius 3 is 2.58 bits per heavy atom. The summed E-state index contributed by atoms with van der Waals surface area (Å²) in [5.74, 6) is 0.241. The zero-order valence-corrected chi connectivity index (χ0v) is 14.2. The van der Waals surface area contributed by atoms with Crippen molar-refractivity contribution in [2.24, 2.45) is 5.92 Å². The zero-order valence-electron chi connectivity index (χ0n) is 14.2. The number of aromatic nitrogens is 2. The molecule has 1 N–H and O–H groups in total. The third-order valence-corrected chi connectivity index (χ3v) is 5.76. The molecule has 3 heterocycles. The third kappa shape index (κ3) is 2.94. The van der Waals surface area contributed by atoms with Crippen LogP contribution in [0.2, 0.25) is 0 Å². The van der Waals surface area contributed by atoms with Crippen LogP contribution in [-0.2, 0) is 17.8 Å². The van der Waals surface area contributed by atoms with Crippen LogP contribution in [0, 0.1) is 5.92 Å². The minimum atomic E-state index is 0.00189. The quantitative estimate of drug-likeness (QED) is 0.918. The maximum Gasteiger partial charge on any atom is 0.274 e. The summed E-state index contributed by atoms with van der Waals surface area (Å²) in [5, 5.41) is 3.21. The molecule has 1 saturated heterocycles. The highest BCUT2D eigenvalue weighted by Gasteiger charge is 2.31. The Balaban J connectivity index is 1.42. The number of carbonyl (C=O) groups is 2. The van der Waals surface area contributed by atoms with Crippen LogP contribution in [0.15, 0.2) is 6.33 Å². The summed E-state index contributed by atoms with van der Waals surface area (Å²) in [5.41, 5.74) is 1.61. The Hall–Kier alpha value is -1.85. The molecule has 1 unspecified atom stereocenters. The van der Waals surface area contributed by atoms with Gasteiger partial charge in [-0.15, -0.1) is 0 Å². The highest BCUT2D eigenvalue weighted by Crippen LogP contribution is 2.25. The van der Waals surface area contributed by atoms with Crippen molar-refractivity contribution in [3.05, 3.63) is 17.7 Å². The molecular weight excluding hydrogens is 304 g/mol. The Labute approximate surface area is 142 Å². The Morgan fingerprint density at radius 2 is 1.83 bits per heavy atom. The molecule has 1 aliphatic carbocycles. The van der Waals surface area contributed by atoms with Gasteiger partial charge in [0.25, 0.3) is 5.91 Å². The first-order chi connectivity index (χ1) is 11.7. The van der Waals surface area contributed by atoms with Crippen molar-refractivity contribution < 1.29 is 9.59 Å². The van der Waals surface area contributed by atoms with E-state index in [0.29, 0.717) is 18.3 Å². The Kier molecular flexibility index (Phi) is 4.29. The molecular formula is C18H26N4O2. The first-order valence-corrected chi connectivity index (χ1v) is 9.36. The second-order valence-corrected chi connectivity index (χ2v) is 7.42. The summed E-state index contributed by atoms with van der Waals surface area (Å²) in [6.07, 6.45) is 10.2. The number of likely N-dealkylation sites (tertiary alicyclic amines) is 1. The van der Waals surface area contributed by atoms with Gasteiger partial charge in [-0.2, -0.15) is 0 Å².